The van der Waals surface area contributed by atoms with Gasteiger partial charge in [-0.1, -0.05) is 11.6 Å². The maximum Gasteiger partial charge on any atom is 0.322 e. The molecule has 5 heteroatoms. The summed E-state index contributed by atoms with van der Waals surface area (Å²) in [6.07, 6.45) is 4.60. The van der Waals surface area contributed by atoms with Crippen molar-refractivity contribution in [1.29, 1.82) is 0 Å². The Bertz CT molecular complexity index is 481. The van der Waals surface area contributed by atoms with Crippen LogP contribution in [-0.4, -0.2) is 36.6 Å². The third-order valence-corrected chi connectivity index (χ3v) is 4.51. The number of hydrogen-bond acceptors (Lipinski definition) is 2. The molecule has 0 spiro atoms. The maximum atomic E-state index is 12.5. The van der Waals surface area contributed by atoms with Gasteiger partial charge in [-0.3, -0.25) is 0 Å². The number of hydrogen-bond donors (Lipinski definition) is 2. The molecule has 1 aliphatic carbocycles. The number of piperidine rings is 1. The molecule has 2 aliphatic rings. The first-order valence-electron chi connectivity index (χ1n) is 7.76. The van der Waals surface area contributed by atoms with Crippen LogP contribution in [0.2, 0.25) is 5.02 Å². The monoisotopic (exact) mass is 307 g/mol. The van der Waals surface area contributed by atoms with Crippen molar-refractivity contribution in [1.82, 2.24) is 10.2 Å². The summed E-state index contributed by atoms with van der Waals surface area (Å²) in [6.45, 7) is 3.02. The van der Waals surface area contributed by atoms with E-state index in [0.717, 1.165) is 51.0 Å². The Morgan fingerprint density at radius 1 is 1.19 bits per heavy atom. The SMILES string of the molecule is O=C(Nc1ccc(Cl)cc1)N(CC1CCNCC1)C1CC1. The van der Waals surface area contributed by atoms with Crippen molar-refractivity contribution in [2.45, 2.75) is 31.7 Å². The van der Waals surface area contributed by atoms with Crippen molar-refractivity contribution < 1.29 is 4.79 Å². The molecule has 0 unspecified atom stereocenters. The predicted octanol–water partition coefficient (Wildman–Crippen LogP) is 3.34. The van der Waals surface area contributed by atoms with E-state index in [4.69, 9.17) is 11.6 Å². The third-order valence-electron chi connectivity index (χ3n) is 4.26. The maximum absolute atomic E-state index is 12.5. The zero-order valence-corrected chi connectivity index (χ0v) is 12.9. The summed E-state index contributed by atoms with van der Waals surface area (Å²) in [6, 6.07) is 7.74. The molecule has 1 saturated carbocycles. The normalized spacial score (nSPS) is 19.3. The molecular formula is C16H22ClN3O. The number of benzene rings is 1. The number of amides is 2. The van der Waals surface area contributed by atoms with Gasteiger partial charge in [0, 0.05) is 23.3 Å². The molecule has 1 aliphatic heterocycles. The molecule has 0 aromatic heterocycles. The molecule has 2 N–H and O–H groups in total. The largest absolute Gasteiger partial charge is 0.322 e. The van der Waals surface area contributed by atoms with E-state index in [1.54, 1.807) is 12.1 Å². The van der Waals surface area contributed by atoms with E-state index in [0.29, 0.717) is 17.0 Å². The zero-order valence-electron chi connectivity index (χ0n) is 12.1. The van der Waals surface area contributed by atoms with Crippen LogP contribution in [0.1, 0.15) is 25.7 Å². The van der Waals surface area contributed by atoms with Crippen LogP contribution in [0.3, 0.4) is 0 Å². The van der Waals surface area contributed by atoms with Gasteiger partial charge in [-0.25, -0.2) is 4.79 Å². The fourth-order valence-corrected chi connectivity index (χ4v) is 2.98. The van der Waals surface area contributed by atoms with E-state index in [2.05, 4.69) is 10.6 Å². The van der Waals surface area contributed by atoms with Gasteiger partial charge in [-0.15, -0.1) is 0 Å². The van der Waals surface area contributed by atoms with Gasteiger partial charge in [0.25, 0.3) is 0 Å². The zero-order chi connectivity index (χ0) is 14.7. The summed E-state index contributed by atoms with van der Waals surface area (Å²) in [5.74, 6) is 0.628. The summed E-state index contributed by atoms with van der Waals surface area (Å²) >= 11 is 5.87. The fraction of sp³-hybridized carbons (Fsp3) is 0.562. The molecule has 2 amide bonds. The molecule has 0 atom stereocenters. The number of carbonyl (C=O) groups excluding carboxylic acids is 1. The van der Waals surface area contributed by atoms with Crippen LogP contribution >= 0.6 is 11.6 Å². The lowest BCUT2D eigenvalue weighted by molar-refractivity contribution is 0.189. The van der Waals surface area contributed by atoms with Gasteiger partial charge in [-0.05, 0) is 69.0 Å². The molecular weight excluding hydrogens is 286 g/mol. The molecule has 21 heavy (non-hydrogen) atoms. The van der Waals surface area contributed by atoms with Gasteiger partial charge in [0.05, 0.1) is 0 Å². The molecule has 0 bridgehead atoms. The Hall–Kier alpha value is -1.26. The number of anilines is 1. The van der Waals surface area contributed by atoms with E-state index in [-0.39, 0.29) is 6.03 Å². The van der Waals surface area contributed by atoms with E-state index in [1.807, 2.05) is 17.0 Å². The second-order valence-corrected chi connectivity index (χ2v) is 6.45. The van der Waals surface area contributed by atoms with Gasteiger partial charge in [0.1, 0.15) is 0 Å². The van der Waals surface area contributed by atoms with Gasteiger partial charge >= 0.3 is 6.03 Å². The van der Waals surface area contributed by atoms with Crippen molar-refractivity contribution in [3.8, 4) is 0 Å². The summed E-state index contributed by atoms with van der Waals surface area (Å²) in [7, 11) is 0. The standard InChI is InChI=1S/C16H22ClN3O/c17-13-1-3-14(4-2-13)19-16(21)20(15-5-6-15)11-12-7-9-18-10-8-12/h1-4,12,15,18H,5-11H2,(H,19,21). The van der Waals surface area contributed by atoms with Crippen LogP contribution in [0.5, 0.6) is 0 Å². The Morgan fingerprint density at radius 3 is 2.48 bits per heavy atom. The molecule has 1 saturated heterocycles. The van der Waals surface area contributed by atoms with Gasteiger partial charge in [-0.2, -0.15) is 0 Å². The smallest absolute Gasteiger partial charge is 0.321 e. The van der Waals surface area contributed by atoms with Crippen LogP contribution in [0.4, 0.5) is 10.5 Å². The van der Waals surface area contributed by atoms with Gasteiger partial charge in [0.2, 0.25) is 0 Å². The fourth-order valence-electron chi connectivity index (χ4n) is 2.85. The van der Waals surface area contributed by atoms with Crippen LogP contribution in [0.15, 0.2) is 24.3 Å². The number of nitrogens with one attached hydrogen (secondary N) is 2. The number of carbonyl (C=O) groups is 1. The highest BCUT2D eigenvalue weighted by molar-refractivity contribution is 6.30. The van der Waals surface area contributed by atoms with E-state index in [1.165, 1.54) is 0 Å². The third kappa shape index (κ3) is 4.11. The van der Waals surface area contributed by atoms with Gasteiger partial charge in [0.15, 0.2) is 0 Å². The van der Waals surface area contributed by atoms with Crippen molar-refractivity contribution in [2.75, 3.05) is 25.0 Å². The lowest BCUT2D eigenvalue weighted by atomic mass is 9.97. The highest BCUT2D eigenvalue weighted by Gasteiger charge is 2.34. The van der Waals surface area contributed by atoms with E-state index in [9.17, 15) is 4.79 Å². The number of urea groups is 1. The first kappa shape index (κ1) is 14.7. The Kier molecular flexibility index (Phi) is 4.66. The van der Waals surface area contributed by atoms with E-state index >= 15 is 0 Å². The first-order valence-corrected chi connectivity index (χ1v) is 8.14. The quantitative estimate of drug-likeness (QED) is 0.896. The summed E-state index contributed by atoms with van der Waals surface area (Å²) < 4.78 is 0. The molecule has 0 radical (unpaired) electrons. The lowest BCUT2D eigenvalue weighted by Crippen LogP contribution is -2.42. The molecule has 1 aromatic rings. The van der Waals surface area contributed by atoms with Crippen molar-refractivity contribution in [2.24, 2.45) is 5.92 Å². The molecule has 4 nitrogen and oxygen atoms in total. The molecule has 3 rings (SSSR count). The number of nitrogens with zero attached hydrogens (tertiary/aromatic N) is 1. The highest BCUT2D eigenvalue weighted by Crippen LogP contribution is 2.29. The topological polar surface area (TPSA) is 44.4 Å². The second-order valence-electron chi connectivity index (χ2n) is 6.01. The van der Waals surface area contributed by atoms with Crippen LogP contribution in [-0.2, 0) is 0 Å². The summed E-state index contributed by atoms with van der Waals surface area (Å²) in [5.41, 5.74) is 0.806. The lowest BCUT2D eigenvalue weighted by Gasteiger charge is -2.30. The number of rotatable bonds is 4. The molecule has 2 fully saturated rings. The Balaban J connectivity index is 1.60. The Labute approximate surface area is 130 Å². The van der Waals surface area contributed by atoms with Crippen molar-refractivity contribution >= 4 is 23.3 Å². The van der Waals surface area contributed by atoms with Gasteiger partial charge < -0.3 is 15.5 Å². The summed E-state index contributed by atoms with van der Waals surface area (Å²) in [4.78, 5) is 14.6. The highest BCUT2D eigenvalue weighted by atomic mass is 35.5. The average molecular weight is 308 g/mol. The predicted molar refractivity (Wildman–Crippen MR) is 85.8 cm³/mol. The molecule has 1 heterocycles. The van der Waals surface area contributed by atoms with Crippen LogP contribution < -0.4 is 10.6 Å². The second kappa shape index (κ2) is 6.67. The van der Waals surface area contributed by atoms with Crippen molar-refractivity contribution in [3.05, 3.63) is 29.3 Å². The van der Waals surface area contributed by atoms with Crippen LogP contribution in [0, 0.1) is 5.92 Å². The minimum absolute atomic E-state index is 0.0263. The first-order chi connectivity index (χ1) is 10.2. The summed E-state index contributed by atoms with van der Waals surface area (Å²) in [5, 5.41) is 7.05. The molecule has 114 valence electrons. The minimum atomic E-state index is 0.0263. The minimum Gasteiger partial charge on any atom is -0.321 e. The Morgan fingerprint density at radius 2 is 1.86 bits per heavy atom. The van der Waals surface area contributed by atoms with Crippen molar-refractivity contribution in [3.63, 3.8) is 0 Å². The number of halogens is 1. The average Bonchev–Trinajstić information content (AvgIpc) is 3.33. The molecule has 1 aromatic carbocycles. The van der Waals surface area contributed by atoms with E-state index < -0.39 is 0 Å². The van der Waals surface area contributed by atoms with Crippen LogP contribution in [0.25, 0.3) is 0 Å².